The third-order valence-corrected chi connectivity index (χ3v) is 3.83. The van der Waals surface area contributed by atoms with Crippen LogP contribution < -0.4 is 5.73 Å². The van der Waals surface area contributed by atoms with Crippen LogP contribution in [0.15, 0.2) is 30.3 Å². The Morgan fingerprint density at radius 1 is 1.20 bits per heavy atom. The van der Waals surface area contributed by atoms with Crippen molar-refractivity contribution in [3.05, 3.63) is 46.9 Å². The summed E-state index contributed by atoms with van der Waals surface area (Å²) in [5, 5.41) is 1.02. The number of nitrogen functional groups attached to an aromatic ring is 1. The molecule has 0 aliphatic carbocycles. The van der Waals surface area contributed by atoms with Crippen molar-refractivity contribution in [1.82, 2.24) is 15.0 Å². The van der Waals surface area contributed by atoms with Crippen LogP contribution in [0.5, 0.6) is 0 Å². The van der Waals surface area contributed by atoms with Crippen LogP contribution in [-0.2, 0) is 17.8 Å². The number of benzene rings is 1. The summed E-state index contributed by atoms with van der Waals surface area (Å²) in [5.41, 5.74) is 7.68. The standard InChI is InChI=1S/C14H14N4OS/c1-19-8-13-16-9(6-12(15)18-13)7-14-17-10-4-2-3-5-11(10)20-14/h2-6H,7-8H2,1H3,(H2,15,16,18). The van der Waals surface area contributed by atoms with Gasteiger partial charge in [-0.25, -0.2) is 15.0 Å². The predicted octanol–water partition coefficient (Wildman–Crippen LogP) is 2.41. The predicted molar refractivity (Wildman–Crippen MR) is 79.6 cm³/mol. The number of thiazole rings is 1. The summed E-state index contributed by atoms with van der Waals surface area (Å²) in [7, 11) is 1.61. The van der Waals surface area contributed by atoms with Crippen LogP contribution in [0.1, 0.15) is 16.5 Å². The van der Waals surface area contributed by atoms with Crippen molar-refractivity contribution in [2.45, 2.75) is 13.0 Å². The molecule has 0 saturated carbocycles. The van der Waals surface area contributed by atoms with Crippen LogP contribution >= 0.6 is 11.3 Å². The molecule has 0 saturated heterocycles. The zero-order valence-electron chi connectivity index (χ0n) is 11.0. The van der Waals surface area contributed by atoms with E-state index in [-0.39, 0.29) is 0 Å². The average Bonchev–Trinajstić information content (AvgIpc) is 2.80. The van der Waals surface area contributed by atoms with Gasteiger partial charge in [-0.1, -0.05) is 12.1 Å². The van der Waals surface area contributed by atoms with Crippen molar-refractivity contribution in [3.8, 4) is 0 Å². The number of hydrogen-bond donors (Lipinski definition) is 1. The molecule has 0 spiro atoms. The first-order valence-corrected chi connectivity index (χ1v) is 7.02. The van der Waals surface area contributed by atoms with Gasteiger partial charge in [-0.15, -0.1) is 11.3 Å². The summed E-state index contributed by atoms with van der Waals surface area (Å²) >= 11 is 1.67. The fraction of sp³-hybridized carbons (Fsp3) is 0.214. The number of ether oxygens (including phenoxy) is 1. The number of nitrogens with two attached hydrogens (primary N) is 1. The average molecular weight is 286 g/mol. The van der Waals surface area contributed by atoms with Gasteiger partial charge < -0.3 is 10.5 Å². The van der Waals surface area contributed by atoms with Crippen LogP contribution in [0.25, 0.3) is 10.2 Å². The first-order chi connectivity index (χ1) is 9.74. The first kappa shape index (κ1) is 13.0. The maximum Gasteiger partial charge on any atom is 0.156 e. The highest BCUT2D eigenvalue weighted by Crippen LogP contribution is 2.23. The number of anilines is 1. The Bertz CT molecular complexity index is 708. The van der Waals surface area contributed by atoms with E-state index in [2.05, 4.69) is 21.0 Å². The molecule has 6 heteroatoms. The normalized spacial score (nSPS) is 11.1. The van der Waals surface area contributed by atoms with Crippen molar-refractivity contribution in [1.29, 1.82) is 0 Å². The maximum absolute atomic E-state index is 5.79. The van der Waals surface area contributed by atoms with E-state index in [9.17, 15) is 0 Å². The molecule has 0 unspecified atom stereocenters. The van der Waals surface area contributed by atoms with Crippen molar-refractivity contribution in [3.63, 3.8) is 0 Å². The van der Waals surface area contributed by atoms with Crippen molar-refractivity contribution >= 4 is 27.4 Å². The number of rotatable bonds is 4. The van der Waals surface area contributed by atoms with E-state index in [1.165, 1.54) is 4.70 Å². The van der Waals surface area contributed by atoms with Gasteiger partial charge in [0.25, 0.3) is 0 Å². The monoisotopic (exact) mass is 286 g/mol. The highest BCUT2D eigenvalue weighted by atomic mass is 32.1. The van der Waals surface area contributed by atoms with Crippen molar-refractivity contribution in [2.24, 2.45) is 0 Å². The molecule has 3 aromatic rings. The fourth-order valence-corrected chi connectivity index (χ4v) is 2.99. The lowest BCUT2D eigenvalue weighted by Gasteiger charge is -2.03. The largest absolute Gasteiger partial charge is 0.384 e. The Hall–Kier alpha value is -2.05. The van der Waals surface area contributed by atoms with Gasteiger partial charge in [-0.2, -0.15) is 0 Å². The third kappa shape index (κ3) is 2.76. The second-order valence-electron chi connectivity index (χ2n) is 4.39. The minimum Gasteiger partial charge on any atom is -0.384 e. The summed E-state index contributed by atoms with van der Waals surface area (Å²) in [4.78, 5) is 13.2. The first-order valence-electron chi connectivity index (χ1n) is 6.20. The maximum atomic E-state index is 5.79. The Balaban J connectivity index is 1.90. The molecule has 102 valence electrons. The highest BCUT2D eigenvalue weighted by molar-refractivity contribution is 7.18. The molecular weight excluding hydrogens is 272 g/mol. The van der Waals surface area contributed by atoms with E-state index in [4.69, 9.17) is 10.5 Å². The SMILES string of the molecule is COCc1nc(N)cc(Cc2nc3ccccc3s2)n1. The zero-order chi connectivity index (χ0) is 13.9. The molecule has 2 aromatic heterocycles. The fourth-order valence-electron chi connectivity index (χ4n) is 2.01. The molecule has 2 heterocycles. The molecule has 0 aliphatic heterocycles. The molecule has 20 heavy (non-hydrogen) atoms. The number of aromatic nitrogens is 3. The Kier molecular flexibility index (Phi) is 3.58. The molecule has 0 bridgehead atoms. The smallest absolute Gasteiger partial charge is 0.156 e. The van der Waals surface area contributed by atoms with Gasteiger partial charge in [0.1, 0.15) is 12.4 Å². The Labute approximate surface area is 120 Å². The van der Waals surface area contributed by atoms with E-state index < -0.39 is 0 Å². The molecular formula is C14H14N4OS. The van der Waals surface area contributed by atoms with E-state index in [0.717, 1.165) is 16.2 Å². The molecule has 0 atom stereocenters. The summed E-state index contributed by atoms with van der Waals surface area (Å²) in [6.45, 7) is 0.359. The summed E-state index contributed by atoms with van der Waals surface area (Å²) < 4.78 is 6.22. The van der Waals surface area contributed by atoms with Crippen LogP contribution in [0.4, 0.5) is 5.82 Å². The second kappa shape index (κ2) is 5.52. The number of methoxy groups -OCH3 is 1. The van der Waals surface area contributed by atoms with Crippen LogP contribution in [-0.4, -0.2) is 22.1 Å². The van der Waals surface area contributed by atoms with E-state index >= 15 is 0 Å². The number of hydrogen-bond acceptors (Lipinski definition) is 6. The highest BCUT2D eigenvalue weighted by Gasteiger charge is 2.08. The van der Waals surface area contributed by atoms with Gasteiger partial charge in [0.15, 0.2) is 5.82 Å². The van der Waals surface area contributed by atoms with Gasteiger partial charge in [0.05, 0.1) is 20.9 Å². The minimum atomic E-state index is 0.359. The van der Waals surface area contributed by atoms with Crippen LogP contribution in [0.2, 0.25) is 0 Å². The molecule has 0 amide bonds. The zero-order valence-corrected chi connectivity index (χ0v) is 11.9. The minimum absolute atomic E-state index is 0.359. The second-order valence-corrected chi connectivity index (χ2v) is 5.50. The molecule has 3 rings (SSSR count). The molecule has 0 fully saturated rings. The summed E-state index contributed by atoms with van der Waals surface area (Å²) in [6.07, 6.45) is 0.656. The quantitative estimate of drug-likeness (QED) is 0.797. The van der Waals surface area contributed by atoms with Gasteiger partial charge in [0, 0.05) is 19.6 Å². The van der Waals surface area contributed by atoms with Gasteiger partial charge in [0.2, 0.25) is 0 Å². The molecule has 1 aromatic carbocycles. The van der Waals surface area contributed by atoms with Crippen molar-refractivity contribution < 1.29 is 4.74 Å². The molecule has 0 radical (unpaired) electrons. The molecule has 2 N–H and O–H groups in total. The summed E-state index contributed by atoms with van der Waals surface area (Å²) in [6, 6.07) is 9.88. The molecule has 5 nitrogen and oxygen atoms in total. The van der Waals surface area contributed by atoms with E-state index in [0.29, 0.717) is 24.7 Å². The van der Waals surface area contributed by atoms with Crippen LogP contribution in [0, 0.1) is 0 Å². The lowest BCUT2D eigenvalue weighted by atomic mass is 10.3. The van der Waals surface area contributed by atoms with Crippen LogP contribution in [0.3, 0.4) is 0 Å². The Morgan fingerprint density at radius 3 is 2.85 bits per heavy atom. The van der Waals surface area contributed by atoms with E-state index in [1.54, 1.807) is 24.5 Å². The molecule has 0 aliphatic rings. The topological polar surface area (TPSA) is 73.9 Å². The number of fused-ring (bicyclic) bond motifs is 1. The lowest BCUT2D eigenvalue weighted by molar-refractivity contribution is 0.177. The third-order valence-electron chi connectivity index (χ3n) is 2.79. The number of para-hydroxylation sites is 1. The summed E-state index contributed by atoms with van der Waals surface area (Å²) in [5.74, 6) is 1.06. The van der Waals surface area contributed by atoms with Gasteiger partial charge in [-0.3, -0.25) is 0 Å². The van der Waals surface area contributed by atoms with Gasteiger partial charge in [-0.05, 0) is 12.1 Å². The number of nitrogens with zero attached hydrogens (tertiary/aromatic N) is 3. The Morgan fingerprint density at radius 2 is 2.05 bits per heavy atom. The van der Waals surface area contributed by atoms with Gasteiger partial charge >= 0.3 is 0 Å². The van der Waals surface area contributed by atoms with Crippen molar-refractivity contribution in [2.75, 3.05) is 12.8 Å². The lowest BCUT2D eigenvalue weighted by Crippen LogP contribution is -2.04. The van der Waals surface area contributed by atoms with E-state index in [1.807, 2.05) is 18.2 Å².